The van der Waals surface area contributed by atoms with Gasteiger partial charge in [0.2, 0.25) is 12.5 Å². The molecule has 0 radical (unpaired) electrons. The Balaban J connectivity index is 2.54. The molecule has 6 nitrogen and oxygen atoms in total. The third-order valence-electron chi connectivity index (χ3n) is 2.81. The highest BCUT2D eigenvalue weighted by molar-refractivity contribution is 5.95. The quantitative estimate of drug-likeness (QED) is 0.813. The zero-order valence-corrected chi connectivity index (χ0v) is 9.44. The van der Waals surface area contributed by atoms with Gasteiger partial charge in [-0.05, 0) is 6.07 Å². The topological polar surface area (TPSA) is 84.3 Å². The fraction of sp³-hybridized carbons (Fsp3) is 0.167. The molecule has 1 aliphatic rings. The minimum atomic E-state index is -0.334. The van der Waals surface area contributed by atoms with Crippen molar-refractivity contribution in [3.8, 4) is 23.3 Å². The van der Waals surface area contributed by atoms with E-state index in [2.05, 4.69) is 4.98 Å². The van der Waals surface area contributed by atoms with Crippen molar-refractivity contribution < 1.29 is 14.2 Å². The van der Waals surface area contributed by atoms with Gasteiger partial charge in [0, 0.05) is 11.6 Å². The van der Waals surface area contributed by atoms with E-state index in [0.717, 1.165) is 0 Å². The molecule has 0 fully saturated rings. The Morgan fingerprint density at radius 1 is 1.50 bits per heavy atom. The van der Waals surface area contributed by atoms with Gasteiger partial charge < -0.3 is 19.2 Å². The molecule has 1 aromatic heterocycles. The molecule has 1 aliphatic heterocycles. The highest BCUT2D eigenvalue weighted by Gasteiger charge is 2.24. The van der Waals surface area contributed by atoms with Crippen molar-refractivity contribution in [2.75, 3.05) is 13.9 Å². The molecule has 2 aromatic rings. The summed E-state index contributed by atoms with van der Waals surface area (Å²) < 4.78 is 15.8. The first kappa shape index (κ1) is 10.5. The summed E-state index contributed by atoms with van der Waals surface area (Å²) in [6.07, 6.45) is 1.37. The Labute approximate surface area is 101 Å². The molecule has 0 saturated heterocycles. The molecule has 1 aromatic carbocycles. The number of pyridine rings is 1. The van der Waals surface area contributed by atoms with E-state index in [0.29, 0.717) is 33.6 Å². The van der Waals surface area contributed by atoms with Crippen LogP contribution < -0.4 is 19.8 Å². The normalized spacial score (nSPS) is 12.4. The first-order chi connectivity index (χ1) is 8.76. The van der Waals surface area contributed by atoms with Crippen LogP contribution >= 0.6 is 0 Å². The Kier molecular flexibility index (Phi) is 2.13. The lowest BCUT2D eigenvalue weighted by Gasteiger charge is -2.08. The molecular weight excluding hydrogens is 236 g/mol. The maximum absolute atomic E-state index is 11.9. The predicted octanol–water partition coefficient (Wildman–Crippen LogP) is 1.14. The van der Waals surface area contributed by atoms with Gasteiger partial charge in [-0.15, -0.1) is 0 Å². The third-order valence-corrected chi connectivity index (χ3v) is 2.81. The van der Waals surface area contributed by atoms with Gasteiger partial charge in [0.05, 0.1) is 18.1 Å². The van der Waals surface area contributed by atoms with Gasteiger partial charge in [0.15, 0.2) is 11.5 Å². The van der Waals surface area contributed by atoms with Crippen molar-refractivity contribution in [2.24, 2.45) is 0 Å². The molecular formula is C12H8N2O4. The average Bonchev–Trinajstić information content (AvgIpc) is 2.84. The molecule has 3 rings (SSSR count). The fourth-order valence-corrected chi connectivity index (χ4v) is 2.03. The second kappa shape index (κ2) is 3.67. The van der Waals surface area contributed by atoms with Crippen LogP contribution in [0.5, 0.6) is 17.2 Å². The number of benzene rings is 1. The van der Waals surface area contributed by atoms with Gasteiger partial charge in [-0.2, -0.15) is 5.26 Å². The highest BCUT2D eigenvalue weighted by atomic mass is 16.7. The number of H-pyrrole nitrogens is 1. The SMILES string of the molecule is COc1c2c(cc3c(C#N)c[nH]c(=O)c13)OCO2. The number of ether oxygens (including phenoxy) is 3. The van der Waals surface area contributed by atoms with Crippen LogP contribution in [0.4, 0.5) is 0 Å². The Hall–Kier alpha value is -2.68. The van der Waals surface area contributed by atoms with Crippen molar-refractivity contribution in [3.05, 3.63) is 28.2 Å². The second-order valence-corrected chi connectivity index (χ2v) is 3.71. The summed E-state index contributed by atoms with van der Waals surface area (Å²) in [5.41, 5.74) is 0.0142. The first-order valence-electron chi connectivity index (χ1n) is 5.18. The molecule has 2 heterocycles. The number of hydrogen-bond donors (Lipinski definition) is 1. The number of methoxy groups -OCH3 is 1. The van der Waals surface area contributed by atoms with Gasteiger partial charge in [-0.1, -0.05) is 0 Å². The zero-order valence-electron chi connectivity index (χ0n) is 9.44. The number of fused-ring (bicyclic) bond motifs is 2. The van der Waals surface area contributed by atoms with Gasteiger partial charge in [-0.25, -0.2) is 0 Å². The largest absolute Gasteiger partial charge is 0.492 e. The van der Waals surface area contributed by atoms with Crippen LogP contribution in [0.25, 0.3) is 10.8 Å². The number of rotatable bonds is 1. The van der Waals surface area contributed by atoms with E-state index in [1.54, 1.807) is 6.07 Å². The first-order valence-corrected chi connectivity index (χ1v) is 5.18. The van der Waals surface area contributed by atoms with E-state index in [-0.39, 0.29) is 12.4 Å². The lowest BCUT2D eigenvalue weighted by Crippen LogP contribution is -2.08. The number of aromatic amines is 1. The maximum Gasteiger partial charge on any atom is 0.259 e. The molecule has 0 aliphatic carbocycles. The minimum Gasteiger partial charge on any atom is -0.492 e. The smallest absolute Gasteiger partial charge is 0.259 e. The third kappa shape index (κ3) is 1.24. The van der Waals surface area contributed by atoms with E-state index in [1.165, 1.54) is 13.3 Å². The Morgan fingerprint density at radius 2 is 2.33 bits per heavy atom. The highest BCUT2D eigenvalue weighted by Crippen LogP contribution is 2.45. The van der Waals surface area contributed by atoms with Gasteiger partial charge in [-0.3, -0.25) is 4.79 Å². The predicted molar refractivity (Wildman–Crippen MR) is 62.0 cm³/mol. The van der Waals surface area contributed by atoms with Crippen LogP contribution in [0.2, 0.25) is 0 Å². The lowest BCUT2D eigenvalue weighted by molar-refractivity contribution is 0.171. The number of nitrogens with zero attached hydrogens (tertiary/aromatic N) is 1. The van der Waals surface area contributed by atoms with Crippen LogP contribution in [-0.2, 0) is 0 Å². The zero-order chi connectivity index (χ0) is 12.7. The summed E-state index contributed by atoms with van der Waals surface area (Å²) in [4.78, 5) is 14.4. The van der Waals surface area contributed by atoms with E-state index < -0.39 is 0 Å². The van der Waals surface area contributed by atoms with Gasteiger partial charge in [0.25, 0.3) is 5.56 Å². The molecule has 6 heteroatoms. The van der Waals surface area contributed by atoms with E-state index in [1.807, 2.05) is 6.07 Å². The second-order valence-electron chi connectivity index (χ2n) is 3.71. The summed E-state index contributed by atoms with van der Waals surface area (Å²) in [6, 6.07) is 3.64. The average molecular weight is 244 g/mol. The number of hydrogen-bond acceptors (Lipinski definition) is 5. The molecule has 0 bridgehead atoms. The van der Waals surface area contributed by atoms with Crippen LogP contribution in [0.3, 0.4) is 0 Å². The van der Waals surface area contributed by atoms with Crippen molar-refractivity contribution >= 4 is 10.8 Å². The van der Waals surface area contributed by atoms with E-state index in [9.17, 15) is 4.79 Å². The van der Waals surface area contributed by atoms with Crippen LogP contribution in [0.15, 0.2) is 17.1 Å². The molecule has 0 amide bonds. The number of aromatic nitrogens is 1. The molecule has 0 saturated carbocycles. The van der Waals surface area contributed by atoms with Crippen molar-refractivity contribution in [2.45, 2.75) is 0 Å². The molecule has 0 atom stereocenters. The fourth-order valence-electron chi connectivity index (χ4n) is 2.03. The van der Waals surface area contributed by atoms with E-state index in [4.69, 9.17) is 19.5 Å². The minimum absolute atomic E-state index is 0.0712. The summed E-state index contributed by atoms with van der Waals surface area (Å²) in [7, 11) is 1.44. The van der Waals surface area contributed by atoms with Crippen LogP contribution in [0, 0.1) is 11.3 Å². The molecule has 18 heavy (non-hydrogen) atoms. The summed E-state index contributed by atoms with van der Waals surface area (Å²) >= 11 is 0. The van der Waals surface area contributed by atoms with Crippen molar-refractivity contribution in [1.82, 2.24) is 4.98 Å². The van der Waals surface area contributed by atoms with Crippen molar-refractivity contribution in [1.29, 1.82) is 5.26 Å². The van der Waals surface area contributed by atoms with Gasteiger partial charge in [0.1, 0.15) is 6.07 Å². The van der Waals surface area contributed by atoms with Crippen LogP contribution in [-0.4, -0.2) is 18.9 Å². The summed E-state index contributed by atoms with van der Waals surface area (Å²) in [6.45, 7) is 0.0712. The molecule has 0 spiro atoms. The maximum atomic E-state index is 11.9. The monoisotopic (exact) mass is 244 g/mol. The lowest BCUT2D eigenvalue weighted by atomic mass is 10.1. The summed E-state index contributed by atoms with van der Waals surface area (Å²) in [5, 5.41) is 9.83. The Morgan fingerprint density at radius 3 is 3.06 bits per heavy atom. The molecule has 1 N–H and O–H groups in total. The van der Waals surface area contributed by atoms with E-state index >= 15 is 0 Å². The van der Waals surface area contributed by atoms with Crippen molar-refractivity contribution in [3.63, 3.8) is 0 Å². The van der Waals surface area contributed by atoms with Gasteiger partial charge >= 0.3 is 0 Å². The molecule has 0 unspecified atom stereocenters. The van der Waals surface area contributed by atoms with Crippen LogP contribution in [0.1, 0.15) is 5.56 Å². The summed E-state index contributed by atoms with van der Waals surface area (Å²) in [5.74, 6) is 1.16. The number of nitriles is 1. The number of nitrogens with one attached hydrogen (secondary N) is 1. The molecule has 90 valence electrons. The Bertz CT molecular complexity index is 742. The standard InChI is InChI=1S/C12H8N2O4/c1-16-11-9-7(2-8-10(11)18-5-17-8)6(3-13)4-14-12(9)15/h2,4H,5H2,1H3,(H,14,15).